The highest BCUT2D eigenvalue weighted by atomic mass is 16.3. The number of aliphatic hydroxyl groups is 2. The fourth-order valence-electron chi connectivity index (χ4n) is 2.07. The molecule has 0 aliphatic carbocycles. The molecule has 1 aromatic rings. The number of phenols is 1. The Bertz CT molecular complexity index is 471. The molecule has 0 aliphatic rings. The Labute approximate surface area is 120 Å². The molecule has 0 saturated carbocycles. The van der Waals surface area contributed by atoms with E-state index in [-0.39, 0.29) is 11.9 Å². The second-order valence-corrected chi connectivity index (χ2v) is 5.10. The lowest BCUT2D eigenvalue weighted by Crippen LogP contribution is -2.00. The summed E-state index contributed by atoms with van der Waals surface area (Å²) in [4.78, 5) is 0. The summed E-state index contributed by atoms with van der Waals surface area (Å²) in [6.07, 6.45) is 3.77. The number of hydrogen-bond acceptors (Lipinski definition) is 3. The van der Waals surface area contributed by atoms with Crippen LogP contribution in [0.15, 0.2) is 41.6 Å². The summed E-state index contributed by atoms with van der Waals surface area (Å²) in [5, 5.41) is 28.8. The van der Waals surface area contributed by atoms with Gasteiger partial charge in [0.05, 0.1) is 12.2 Å². The van der Waals surface area contributed by atoms with E-state index in [4.69, 9.17) is 0 Å². The van der Waals surface area contributed by atoms with E-state index in [1.54, 1.807) is 31.2 Å². The first-order valence-electron chi connectivity index (χ1n) is 7.11. The second kappa shape index (κ2) is 8.60. The molecule has 0 amide bonds. The minimum atomic E-state index is -0.649. The molecular formula is C17H24O3. The first-order chi connectivity index (χ1) is 9.52. The second-order valence-electron chi connectivity index (χ2n) is 5.10. The van der Waals surface area contributed by atoms with Gasteiger partial charge in [-0.25, -0.2) is 0 Å². The minimum Gasteiger partial charge on any atom is -0.508 e. The number of rotatable bonds is 7. The lowest BCUT2D eigenvalue weighted by Gasteiger charge is -2.08. The molecule has 3 nitrogen and oxygen atoms in total. The Balaban J connectivity index is 2.69. The summed E-state index contributed by atoms with van der Waals surface area (Å²) < 4.78 is 0. The lowest BCUT2D eigenvalue weighted by atomic mass is 10.0. The summed E-state index contributed by atoms with van der Waals surface area (Å²) in [5.74, 6) is 0.154. The normalized spacial score (nSPS) is 13.4. The largest absolute Gasteiger partial charge is 0.508 e. The van der Waals surface area contributed by atoms with Crippen molar-refractivity contribution in [2.45, 2.75) is 51.7 Å². The van der Waals surface area contributed by atoms with Crippen LogP contribution in [-0.2, 0) is 0 Å². The highest BCUT2D eigenvalue weighted by molar-refractivity contribution is 5.28. The van der Waals surface area contributed by atoms with Crippen molar-refractivity contribution in [1.29, 1.82) is 0 Å². The van der Waals surface area contributed by atoms with Crippen molar-refractivity contribution in [3.63, 3.8) is 0 Å². The SMILES string of the molecule is CCCC(=C=CC[C@@H](O)c1cccc(O)c1)C[C@H](C)O. The van der Waals surface area contributed by atoms with Gasteiger partial charge in [-0.05, 0) is 42.7 Å². The third-order valence-electron chi connectivity index (χ3n) is 3.00. The molecule has 0 aromatic heterocycles. The molecule has 3 N–H and O–H groups in total. The Morgan fingerprint density at radius 1 is 1.35 bits per heavy atom. The van der Waals surface area contributed by atoms with Crippen LogP contribution in [0, 0.1) is 0 Å². The predicted molar refractivity (Wildman–Crippen MR) is 80.5 cm³/mol. The van der Waals surface area contributed by atoms with E-state index >= 15 is 0 Å². The van der Waals surface area contributed by atoms with E-state index in [9.17, 15) is 15.3 Å². The Hall–Kier alpha value is -1.54. The highest BCUT2D eigenvalue weighted by Crippen LogP contribution is 2.21. The van der Waals surface area contributed by atoms with Crippen LogP contribution in [0.3, 0.4) is 0 Å². The van der Waals surface area contributed by atoms with E-state index in [1.165, 1.54) is 0 Å². The minimum absolute atomic E-state index is 0.154. The summed E-state index contributed by atoms with van der Waals surface area (Å²) >= 11 is 0. The van der Waals surface area contributed by atoms with Crippen LogP contribution in [0.1, 0.15) is 51.2 Å². The quantitative estimate of drug-likeness (QED) is 0.668. The molecule has 0 fully saturated rings. The number of benzene rings is 1. The van der Waals surface area contributed by atoms with Crippen LogP contribution in [-0.4, -0.2) is 21.4 Å². The van der Waals surface area contributed by atoms with Crippen molar-refractivity contribution in [3.05, 3.63) is 47.2 Å². The molecule has 0 saturated heterocycles. The van der Waals surface area contributed by atoms with Crippen molar-refractivity contribution in [3.8, 4) is 5.75 Å². The molecule has 0 aliphatic heterocycles. The monoisotopic (exact) mass is 276 g/mol. The van der Waals surface area contributed by atoms with E-state index in [0.29, 0.717) is 18.4 Å². The van der Waals surface area contributed by atoms with Crippen molar-refractivity contribution in [2.24, 2.45) is 0 Å². The maximum atomic E-state index is 10.0. The van der Waals surface area contributed by atoms with Crippen molar-refractivity contribution in [1.82, 2.24) is 0 Å². The zero-order valence-corrected chi connectivity index (χ0v) is 12.2. The van der Waals surface area contributed by atoms with Crippen LogP contribution >= 0.6 is 0 Å². The standard InChI is InChI=1S/C17H24O3/c1-3-6-14(11-13(2)18)7-4-10-17(20)15-8-5-9-16(19)12-15/h4-5,8-9,12-13,17-20H,3,6,10-11H2,1-2H3/t7?,13-,17+/m0/s1. The van der Waals surface area contributed by atoms with Crippen molar-refractivity contribution < 1.29 is 15.3 Å². The molecule has 1 aromatic carbocycles. The van der Waals surface area contributed by atoms with Crippen LogP contribution in [0.2, 0.25) is 0 Å². The maximum Gasteiger partial charge on any atom is 0.115 e. The molecule has 0 radical (unpaired) electrons. The molecule has 0 spiro atoms. The smallest absolute Gasteiger partial charge is 0.115 e. The van der Waals surface area contributed by atoms with Gasteiger partial charge in [-0.15, -0.1) is 5.73 Å². The highest BCUT2D eigenvalue weighted by Gasteiger charge is 2.06. The number of hydrogen-bond donors (Lipinski definition) is 3. The molecule has 0 unspecified atom stereocenters. The van der Waals surface area contributed by atoms with Crippen LogP contribution in [0.5, 0.6) is 5.75 Å². The van der Waals surface area contributed by atoms with E-state index in [0.717, 1.165) is 18.4 Å². The first-order valence-corrected chi connectivity index (χ1v) is 7.11. The van der Waals surface area contributed by atoms with E-state index in [1.807, 2.05) is 6.08 Å². The van der Waals surface area contributed by atoms with Crippen molar-refractivity contribution in [2.75, 3.05) is 0 Å². The van der Waals surface area contributed by atoms with Gasteiger partial charge in [0.25, 0.3) is 0 Å². The fraction of sp³-hybridized carbons (Fsp3) is 0.471. The first kappa shape index (κ1) is 16.5. The van der Waals surface area contributed by atoms with Gasteiger partial charge in [0.2, 0.25) is 0 Å². The maximum absolute atomic E-state index is 10.0. The van der Waals surface area contributed by atoms with Gasteiger partial charge in [0, 0.05) is 12.8 Å². The number of aromatic hydroxyl groups is 1. The summed E-state index contributed by atoms with van der Waals surface area (Å²) in [6.45, 7) is 3.85. The average Bonchev–Trinajstić information content (AvgIpc) is 2.38. The molecule has 3 heteroatoms. The van der Waals surface area contributed by atoms with Gasteiger partial charge in [-0.2, -0.15) is 0 Å². The number of aliphatic hydroxyl groups excluding tert-OH is 2. The molecule has 2 atom stereocenters. The zero-order valence-electron chi connectivity index (χ0n) is 12.2. The van der Waals surface area contributed by atoms with Gasteiger partial charge < -0.3 is 15.3 Å². The van der Waals surface area contributed by atoms with Crippen LogP contribution in [0.4, 0.5) is 0 Å². The van der Waals surface area contributed by atoms with Crippen molar-refractivity contribution >= 4 is 0 Å². The summed E-state index contributed by atoms with van der Waals surface area (Å²) in [6, 6.07) is 6.63. The van der Waals surface area contributed by atoms with E-state index < -0.39 is 6.10 Å². The third kappa shape index (κ3) is 6.07. The summed E-state index contributed by atoms with van der Waals surface area (Å²) in [7, 11) is 0. The van der Waals surface area contributed by atoms with Gasteiger partial charge in [-0.1, -0.05) is 25.5 Å². The fourth-order valence-corrected chi connectivity index (χ4v) is 2.07. The molecule has 110 valence electrons. The van der Waals surface area contributed by atoms with Crippen LogP contribution < -0.4 is 0 Å². The molecule has 0 bridgehead atoms. The Morgan fingerprint density at radius 3 is 2.70 bits per heavy atom. The lowest BCUT2D eigenvalue weighted by molar-refractivity contribution is 0.181. The molecule has 0 heterocycles. The van der Waals surface area contributed by atoms with Gasteiger partial charge >= 0.3 is 0 Å². The van der Waals surface area contributed by atoms with Crippen LogP contribution in [0.25, 0.3) is 0 Å². The summed E-state index contributed by atoms with van der Waals surface area (Å²) in [5.41, 5.74) is 4.94. The van der Waals surface area contributed by atoms with Gasteiger partial charge in [-0.3, -0.25) is 0 Å². The Morgan fingerprint density at radius 2 is 2.10 bits per heavy atom. The Kier molecular flexibility index (Phi) is 7.10. The molecular weight excluding hydrogens is 252 g/mol. The average molecular weight is 276 g/mol. The van der Waals surface area contributed by atoms with Gasteiger partial charge in [0.15, 0.2) is 0 Å². The predicted octanol–water partition coefficient (Wildman–Crippen LogP) is 3.47. The molecule has 1 rings (SSSR count). The van der Waals surface area contributed by atoms with E-state index in [2.05, 4.69) is 12.7 Å². The molecule has 20 heavy (non-hydrogen) atoms. The third-order valence-corrected chi connectivity index (χ3v) is 3.00. The zero-order chi connectivity index (χ0) is 15.0. The van der Waals surface area contributed by atoms with Gasteiger partial charge in [0.1, 0.15) is 5.75 Å². The number of phenolic OH excluding ortho intramolecular Hbond substituents is 1. The topological polar surface area (TPSA) is 60.7 Å².